The van der Waals surface area contributed by atoms with E-state index in [1.165, 1.54) is 12.1 Å². The molecule has 0 amide bonds. The Labute approximate surface area is 168 Å². The maximum Gasteiger partial charge on any atom is 0.198 e. The minimum Gasteiger partial charge on any atom is -0.451 e. The summed E-state index contributed by atoms with van der Waals surface area (Å²) in [6, 6.07) is 19.3. The molecule has 2 N–H and O–H groups in total. The lowest BCUT2D eigenvalue weighted by Crippen LogP contribution is -2.21. The normalized spacial score (nSPS) is 12.2. The van der Waals surface area contributed by atoms with Crippen LogP contribution in [-0.4, -0.2) is 4.98 Å². The van der Waals surface area contributed by atoms with Gasteiger partial charge in [0.1, 0.15) is 5.75 Å². The van der Waals surface area contributed by atoms with Crippen molar-refractivity contribution in [2.75, 3.05) is 0 Å². The van der Waals surface area contributed by atoms with E-state index in [0.717, 1.165) is 16.5 Å². The molecule has 3 nitrogen and oxygen atoms in total. The van der Waals surface area contributed by atoms with Gasteiger partial charge in [-0.3, -0.25) is 0 Å². The van der Waals surface area contributed by atoms with Crippen LogP contribution in [-0.2, 0) is 6.54 Å². The van der Waals surface area contributed by atoms with Crippen LogP contribution in [0, 0.1) is 11.6 Å². The van der Waals surface area contributed by atoms with Gasteiger partial charge >= 0.3 is 0 Å². The molecule has 4 aromatic rings. The second kappa shape index (κ2) is 8.45. The highest BCUT2D eigenvalue weighted by Gasteiger charge is 2.21. The molecule has 0 aliphatic heterocycles. The highest BCUT2D eigenvalue weighted by atomic mass is 19.1. The van der Waals surface area contributed by atoms with Crippen LogP contribution in [0.1, 0.15) is 30.5 Å². The SMILES string of the molecule is CCC(NCc1ccc2[nH]ccc2c1)c1ccc(F)c(Oc2ccccc2)c1F. The van der Waals surface area contributed by atoms with Crippen molar-refractivity contribution >= 4 is 10.9 Å². The zero-order valence-corrected chi connectivity index (χ0v) is 16.1. The summed E-state index contributed by atoms with van der Waals surface area (Å²) in [5.41, 5.74) is 2.56. The quantitative estimate of drug-likeness (QED) is 0.378. The molecule has 0 saturated carbocycles. The van der Waals surface area contributed by atoms with Crippen molar-refractivity contribution in [1.82, 2.24) is 10.3 Å². The first-order valence-electron chi connectivity index (χ1n) is 9.66. The number of para-hydroxylation sites is 1. The molecule has 0 spiro atoms. The minimum absolute atomic E-state index is 0.268. The van der Waals surface area contributed by atoms with Crippen molar-refractivity contribution in [1.29, 1.82) is 0 Å². The number of hydrogen-bond donors (Lipinski definition) is 2. The van der Waals surface area contributed by atoms with E-state index < -0.39 is 11.6 Å². The van der Waals surface area contributed by atoms with E-state index in [2.05, 4.69) is 16.4 Å². The average molecular weight is 392 g/mol. The first-order chi connectivity index (χ1) is 14.2. The standard InChI is InChI=1S/C24H22F2N2O/c1-2-21(28-15-16-8-11-22-17(14-16)12-13-27-22)19-9-10-20(25)24(23(19)26)29-18-6-4-3-5-7-18/h3-14,21,27-28H,2,15H2,1H3. The summed E-state index contributed by atoms with van der Waals surface area (Å²) in [5, 5.41) is 4.51. The number of aromatic nitrogens is 1. The second-order valence-electron chi connectivity index (χ2n) is 6.94. The van der Waals surface area contributed by atoms with E-state index in [1.807, 2.05) is 37.4 Å². The summed E-state index contributed by atoms with van der Waals surface area (Å²) in [6.45, 7) is 2.54. The summed E-state index contributed by atoms with van der Waals surface area (Å²) in [7, 11) is 0. The summed E-state index contributed by atoms with van der Waals surface area (Å²) in [4.78, 5) is 3.17. The van der Waals surface area contributed by atoms with Crippen LogP contribution in [0.3, 0.4) is 0 Å². The number of nitrogens with one attached hydrogen (secondary N) is 2. The molecule has 0 bridgehead atoms. The third-order valence-corrected chi connectivity index (χ3v) is 5.00. The van der Waals surface area contributed by atoms with Crippen molar-refractivity contribution in [2.45, 2.75) is 25.9 Å². The van der Waals surface area contributed by atoms with E-state index in [-0.39, 0.29) is 11.8 Å². The predicted molar refractivity (Wildman–Crippen MR) is 111 cm³/mol. The maximum atomic E-state index is 15.1. The summed E-state index contributed by atoms with van der Waals surface area (Å²) in [5.74, 6) is -1.37. The number of rotatable bonds is 7. The molecule has 5 heteroatoms. The molecule has 3 aromatic carbocycles. The van der Waals surface area contributed by atoms with Crippen LogP contribution >= 0.6 is 0 Å². The zero-order valence-electron chi connectivity index (χ0n) is 16.1. The topological polar surface area (TPSA) is 37.0 Å². The van der Waals surface area contributed by atoms with Crippen LogP contribution in [0.5, 0.6) is 11.5 Å². The maximum absolute atomic E-state index is 15.1. The lowest BCUT2D eigenvalue weighted by Gasteiger charge is -2.20. The first kappa shape index (κ1) is 19.2. The number of hydrogen-bond acceptors (Lipinski definition) is 2. The summed E-state index contributed by atoms with van der Waals surface area (Å²) >= 11 is 0. The smallest absolute Gasteiger partial charge is 0.198 e. The molecule has 29 heavy (non-hydrogen) atoms. The van der Waals surface area contributed by atoms with Crippen molar-refractivity contribution in [2.24, 2.45) is 0 Å². The third-order valence-electron chi connectivity index (χ3n) is 5.00. The average Bonchev–Trinajstić information content (AvgIpc) is 3.21. The fraction of sp³-hybridized carbons (Fsp3) is 0.167. The first-order valence-corrected chi connectivity index (χ1v) is 9.66. The highest BCUT2D eigenvalue weighted by Crippen LogP contribution is 2.33. The van der Waals surface area contributed by atoms with Crippen molar-refractivity contribution in [3.63, 3.8) is 0 Å². The monoisotopic (exact) mass is 392 g/mol. The van der Waals surface area contributed by atoms with Crippen LogP contribution < -0.4 is 10.1 Å². The van der Waals surface area contributed by atoms with Crippen molar-refractivity contribution in [3.8, 4) is 11.5 Å². The molecule has 1 aromatic heterocycles. The lowest BCUT2D eigenvalue weighted by atomic mass is 10.0. The Bertz CT molecular complexity index is 1110. The van der Waals surface area contributed by atoms with Crippen LogP contribution in [0.4, 0.5) is 8.78 Å². The predicted octanol–water partition coefficient (Wildman–Crippen LogP) is 6.48. The fourth-order valence-corrected chi connectivity index (χ4v) is 3.44. The van der Waals surface area contributed by atoms with Gasteiger partial charge in [-0.15, -0.1) is 0 Å². The van der Waals surface area contributed by atoms with E-state index in [4.69, 9.17) is 4.74 Å². The number of benzene rings is 3. The summed E-state index contributed by atoms with van der Waals surface area (Å²) in [6.07, 6.45) is 2.55. The number of halogens is 2. The highest BCUT2D eigenvalue weighted by molar-refractivity contribution is 5.79. The Morgan fingerprint density at radius 2 is 1.83 bits per heavy atom. The number of aromatic amines is 1. The van der Waals surface area contributed by atoms with Gasteiger partial charge in [0.05, 0.1) is 0 Å². The van der Waals surface area contributed by atoms with Gasteiger partial charge in [0, 0.05) is 29.9 Å². The van der Waals surface area contributed by atoms with E-state index in [0.29, 0.717) is 24.3 Å². The Kier molecular flexibility index (Phi) is 5.58. The molecule has 0 fully saturated rings. The Morgan fingerprint density at radius 1 is 1.00 bits per heavy atom. The molecule has 1 unspecified atom stereocenters. The van der Waals surface area contributed by atoms with Crippen molar-refractivity contribution < 1.29 is 13.5 Å². The lowest BCUT2D eigenvalue weighted by molar-refractivity contribution is 0.395. The van der Waals surface area contributed by atoms with Gasteiger partial charge in [-0.1, -0.05) is 37.3 Å². The van der Waals surface area contributed by atoms with E-state index in [1.54, 1.807) is 24.3 Å². The van der Waals surface area contributed by atoms with Gasteiger partial charge in [0.25, 0.3) is 0 Å². The van der Waals surface area contributed by atoms with Crippen LogP contribution in [0.25, 0.3) is 10.9 Å². The Hall–Kier alpha value is -3.18. The van der Waals surface area contributed by atoms with Gasteiger partial charge in [-0.05, 0) is 53.8 Å². The molecule has 0 radical (unpaired) electrons. The van der Waals surface area contributed by atoms with Gasteiger partial charge in [-0.25, -0.2) is 8.78 Å². The molecule has 1 atom stereocenters. The Balaban J connectivity index is 1.55. The molecule has 0 aliphatic rings. The largest absolute Gasteiger partial charge is 0.451 e. The van der Waals surface area contributed by atoms with Crippen LogP contribution in [0.15, 0.2) is 72.9 Å². The molecule has 4 rings (SSSR count). The van der Waals surface area contributed by atoms with Crippen molar-refractivity contribution in [3.05, 3.63) is 95.7 Å². The van der Waals surface area contributed by atoms with Crippen LogP contribution in [0.2, 0.25) is 0 Å². The van der Waals surface area contributed by atoms with E-state index >= 15 is 4.39 Å². The Morgan fingerprint density at radius 3 is 2.62 bits per heavy atom. The second-order valence-corrected chi connectivity index (χ2v) is 6.94. The molecular weight excluding hydrogens is 370 g/mol. The minimum atomic E-state index is -0.720. The van der Waals surface area contributed by atoms with Gasteiger partial charge in [0.2, 0.25) is 0 Å². The van der Waals surface area contributed by atoms with Gasteiger partial charge in [-0.2, -0.15) is 0 Å². The molecule has 0 aliphatic carbocycles. The zero-order chi connectivity index (χ0) is 20.2. The molecular formula is C24H22F2N2O. The third kappa shape index (κ3) is 4.15. The van der Waals surface area contributed by atoms with E-state index in [9.17, 15) is 4.39 Å². The summed E-state index contributed by atoms with van der Waals surface area (Å²) < 4.78 is 34.9. The molecule has 0 saturated heterocycles. The van der Waals surface area contributed by atoms with Gasteiger partial charge in [0.15, 0.2) is 17.4 Å². The molecule has 148 valence electrons. The number of ether oxygens (including phenoxy) is 1. The number of H-pyrrole nitrogens is 1. The van der Waals surface area contributed by atoms with Gasteiger partial charge < -0.3 is 15.0 Å². The number of fused-ring (bicyclic) bond motifs is 1. The molecule has 1 heterocycles. The fourth-order valence-electron chi connectivity index (χ4n) is 3.44.